The summed E-state index contributed by atoms with van der Waals surface area (Å²) in [6, 6.07) is 5.50. The Morgan fingerprint density at radius 3 is 2.40 bits per heavy atom. The molecule has 0 fully saturated rings. The maximum absolute atomic E-state index is 13.7. The summed E-state index contributed by atoms with van der Waals surface area (Å²) in [5.41, 5.74) is -2.58. The normalized spacial score (nSPS) is 25.3. The molecule has 112 valence electrons. The number of fused-ring (bicyclic) bond motifs is 1. The number of alkyl halides is 3. The van der Waals surface area contributed by atoms with Crippen LogP contribution in [0.1, 0.15) is 38.3 Å². The molecule has 5 heteroatoms. The van der Waals surface area contributed by atoms with Crippen molar-refractivity contribution in [2.45, 2.75) is 44.0 Å². The van der Waals surface area contributed by atoms with Gasteiger partial charge in [-0.2, -0.15) is 13.2 Å². The lowest BCUT2D eigenvalue weighted by atomic mass is 10.1. The van der Waals surface area contributed by atoms with Crippen molar-refractivity contribution in [3.05, 3.63) is 34.2 Å². The van der Waals surface area contributed by atoms with E-state index in [0.29, 0.717) is 15.4 Å². The van der Waals surface area contributed by atoms with Crippen molar-refractivity contribution < 1.29 is 13.2 Å². The van der Waals surface area contributed by atoms with Crippen molar-refractivity contribution >= 4 is 29.4 Å². The molecule has 1 aromatic rings. The minimum Gasteiger partial charge on any atom is -0.160 e. The van der Waals surface area contributed by atoms with Gasteiger partial charge in [-0.05, 0) is 63.8 Å². The van der Waals surface area contributed by atoms with Gasteiger partial charge < -0.3 is 0 Å². The van der Waals surface area contributed by atoms with Gasteiger partial charge in [0.1, 0.15) is 0 Å². The summed E-state index contributed by atoms with van der Waals surface area (Å²) in [5, 5.41) is 0. The Morgan fingerprint density at radius 1 is 1.25 bits per heavy atom. The molecule has 1 aromatic carbocycles. The van der Waals surface area contributed by atoms with Crippen molar-refractivity contribution in [2.24, 2.45) is 5.92 Å². The third-order valence-electron chi connectivity index (χ3n) is 3.43. The number of hydrogen-bond donors (Lipinski definition) is 0. The van der Waals surface area contributed by atoms with Crippen LogP contribution in [0.3, 0.4) is 0 Å². The molecule has 1 heterocycles. The van der Waals surface area contributed by atoms with Crippen LogP contribution in [0.15, 0.2) is 28.0 Å². The van der Waals surface area contributed by atoms with E-state index in [1.165, 1.54) is 0 Å². The van der Waals surface area contributed by atoms with Gasteiger partial charge in [0.15, 0.2) is 0 Å². The topological polar surface area (TPSA) is 0 Å². The monoisotopic (exact) mass is 366 g/mol. The first kappa shape index (κ1) is 16.0. The SMILES string of the molecule is CCCc1ccc2c(c1)S(Br)(C(F)(F)F)C(C(C)C)=C2. The molecule has 1 aliphatic rings. The van der Waals surface area contributed by atoms with Crippen LogP contribution in [0, 0.1) is 5.92 Å². The van der Waals surface area contributed by atoms with Crippen LogP contribution in [-0.2, 0) is 6.42 Å². The molecule has 0 saturated heterocycles. The maximum Gasteiger partial charge on any atom is 0.442 e. The summed E-state index contributed by atoms with van der Waals surface area (Å²) >= 11 is 3.11. The van der Waals surface area contributed by atoms with Crippen molar-refractivity contribution in [1.82, 2.24) is 0 Å². The van der Waals surface area contributed by atoms with Crippen molar-refractivity contribution in [3.63, 3.8) is 0 Å². The average Bonchev–Trinajstić information content (AvgIpc) is 2.64. The third-order valence-corrected chi connectivity index (χ3v) is 9.54. The number of aryl methyl sites for hydroxylation is 1. The smallest absolute Gasteiger partial charge is 0.160 e. The lowest BCUT2D eigenvalue weighted by Gasteiger charge is -2.36. The Bertz CT molecular complexity index is 549. The highest BCUT2D eigenvalue weighted by Gasteiger charge is 2.55. The van der Waals surface area contributed by atoms with Gasteiger partial charge >= 0.3 is 5.51 Å². The number of allylic oxidation sites excluding steroid dienone is 1. The number of hydrogen-bond acceptors (Lipinski definition) is 0. The molecule has 0 aromatic heterocycles. The molecule has 1 unspecified atom stereocenters. The molecule has 0 spiro atoms. The average molecular weight is 367 g/mol. The molecule has 0 N–H and O–H groups in total. The fourth-order valence-electron chi connectivity index (χ4n) is 2.50. The summed E-state index contributed by atoms with van der Waals surface area (Å²) in [4.78, 5) is 0.883. The minimum absolute atomic E-state index is 0.131. The Kier molecular flexibility index (Phi) is 4.32. The van der Waals surface area contributed by atoms with E-state index < -0.39 is 14.0 Å². The van der Waals surface area contributed by atoms with E-state index in [4.69, 9.17) is 0 Å². The van der Waals surface area contributed by atoms with Gasteiger partial charge in [0, 0.05) is 4.90 Å². The molecular formula is C15H18BrF3S. The number of halogens is 4. The lowest BCUT2D eigenvalue weighted by Crippen LogP contribution is -2.18. The quantitative estimate of drug-likeness (QED) is 0.562. The van der Waals surface area contributed by atoms with E-state index in [1.807, 2.05) is 32.9 Å². The van der Waals surface area contributed by atoms with Gasteiger partial charge in [-0.25, -0.2) is 0 Å². The molecule has 20 heavy (non-hydrogen) atoms. The number of benzene rings is 1. The van der Waals surface area contributed by atoms with Crippen LogP contribution < -0.4 is 0 Å². The fourth-order valence-corrected chi connectivity index (χ4v) is 7.21. The van der Waals surface area contributed by atoms with Gasteiger partial charge in [-0.3, -0.25) is 0 Å². The molecule has 1 aliphatic heterocycles. The van der Waals surface area contributed by atoms with Gasteiger partial charge in [-0.15, -0.1) is 0 Å². The van der Waals surface area contributed by atoms with Gasteiger partial charge in [-0.1, -0.05) is 39.3 Å². The summed E-state index contributed by atoms with van der Waals surface area (Å²) in [7, 11) is -3.09. The highest BCUT2D eigenvalue weighted by Crippen LogP contribution is 2.82. The summed E-state index contributed by atoms with van der Waals surface area (Å²) in [5.74, 6) is -0.131. The van der Waals surface area contributed by atoms with Crippen molar-refractivity contribution in [1.29, 1.82) is 0 Å². The predicted octanol–water partition coefficient (Wildman–Crippen LogP) is 6.64. The first-order valence-corrected chi connectivity index (χ1v) is 10.1. The molecule has 2 rings (SSSR count). The van der Waals surface area contributed by atoms with Crippen LogP contribution in [0.25, 0.3) is 6.08 Å². The first-order chi connectivity index (χ1) is 9.21. The van der Waals surface area contributed by atoms with Crippen molar-refractivity contribution in [2.75, 3.05) is 0 Å². The van der Waals surface area contributed by atoms with Crippen molar-refractivity contribution in [3.8, 4) is 0 Å². The molecule has 0 saturated carbocycles. The fraction of sp³-hybridized carbons (Fsp3) is 0.467. The Labute approximate surface area is 127 Å². The molecule has 0 bridgehead atoms. The second kappa shape index (κ2) is 5.41. The van der Waals surface area contributed by atoms with E-state index in [1.54, 1.807) is 12.1 Å². The zero-order valence-corrected chi connectivity index (χ0v) is 14.1. The standard InChI is InChI=1S/C15H18BrF3S/c1-4-5-11-6-7-12-9-13(10(2)3)20(16,14(12)8-11)15(17,18)19/h6-10H,4-5H2,1-3H3. The maximum atomic E-state index is 13.7. The predicted molar refractivity (Wildman–Crippen MR) is 84.1 cm³/mol. The third kappa shape index (κ3) is 2.43. The molecule has 0 nitrogen and oxygen atoms in total. The Morgan fingerprint density at radius 2 is 1.90 bits per heavy atom. The van der Waals surface area contributed by atoms with Gasteiger partial charge in [0.05, 0.1) is 0 Å². The summed E-state index contributed by atoms with van der Waals surface area (Å²) in [6.07, 6.45) is 3.46. The summed E-state index contributed by atoms with van der Waals surface area (Å²) in [6.45, 7) is 5.67. The minimum atomic E-state index is -4.26. The molecular weight excluding hydrogens is 349 g/mol. The van der Waals surface area contributed by atoms with Crippen LogP contribution in [-0.4, -0.2) is 5.51 Å². The van der Waals surface area contributed by atoms with Crippen LogP contribution in [0.4, 0.5) is 13.2 Å². The van der Waals surface area contributed by atoms with E-state index in [-0.39, 0.29) is 5.92 Å². The second-order valence-corrected chi connectivity index (χ2v) is 10.7. The summed E-state index contributed by atoms with van der Waals surface area (Å²) < 4.78 is 41.1. The van der Waals surface area contributed by atoms with Crippen LogP contribution in [0.5, 0.6) is 0 Å². The molecule has 0 aliphatic carbocycles. The molecule has 0 amide bonds. The first-order valence-electron chi connectivity index (χ1n) is 6.65. The largest absolute Gasteiger partial charge is 0.442 e. The Hall–Kier alpha value is -0.420. The van der Waals surface area contributed by atoms with E-state index >= 15 is 0 Å². The Balaban J connectivity index is 2.61. The van der Waals surface area contributed by atoms with Gasteiger partial charge in [0.25, 0.3) is 0 Å². The van der Waals surface area contributed by atoms with E-state index in [9.17, 15) is 13.2 Å². The van der Waals surface area contributed by atoms with Crippen LogP contribution >= 0.6 is 23.3 Å². The van der Waals surface area contributed by atoms with Gasteiger partial charge in [0.2, 0.25) is 0 Å². The molecule has 1 atom stereocenters. The second-order valence-electron chi connectivity index (χ2n) is 5.31. The number of rotatable bonds is 3. The highest BCUT2D eigenvalue weighted by atomic mass is 79.9. The molecule has 0 radical (unpaired) electrons. The zero-order chi connectivity index (χ0) is 15.1. The van der Waals surface area contributed by atoms with E-state index in [2.05, 4.69) is 14.8 Å². The highest BCUT2D eigenvalue weighted by molar-refractivity contribution is 9.59. The van der Waals surface area contributed by atoms with Crippen LogP contribution in [0.2, 0.25) is 0 Å². The lowest BCUT2D eigenvalue weighted by molar-refractivity contribution is -0.0356. The van der Waals surface area contributed by atoms with E-state index in [0.717, 1.165) is 18.4 Å². The zero-order valence-electron chi connectivity index (χ0n) is 11.7.